The van der Waals surface area contributed by atoms with E-state index >= 15 is 0 Å². The Morgan fingerprint density at radius 1 is 1.31 bits per heavy atom. The van der Waals surface area contributed by atoms with Crippen LogP contribution >= 0.6 is 0 Å². The van der Waals surface area contributed by atoms with Gasteiger partial charge in [0.1, 0.15) is 11.6 Å². The Hall–Kier alpha value is -2.03. The highest BCUT2D eigenvalue weighted by Gasteiger charge is 1.95. The van der Waals surface area contributed by atoms with E-state index in [4.69, 9.17) is 4.74 Å². The number of methoxy groups -OCH3 is 1. The molecule has 0 aliphatic heterocycles. The molecule has 1 N–H and O–H groups in total. The second-order valence-corrected chi connectivity index (χ2v) is 3.33. The number of nitrogens with one attached hydrogen (secondary N) is 1. The largest absolute Gasteiger partial charge is 0.497 e. The summed E-state index contributed by atoms with van der Waals surface area (Å²) < 4.78 is 5.09. The minimum Gasteiger partial charge on any atom is -0.497 e. The second kappa shape index (κ2) is 5.16. The average molecular weight is 213 g/mol. The number of hydrogen-bond donors (Lipinski definition) is 1. The molecule has 0 atom stereocenters. The zero-order valence-electron chi connectivity index (χ0n) is 9.10. The predicted molar refractivity (Wildman–Crippen MR) is 63.4 cm³/mol. The second-order valence-electron chi connectivity index (χ2n) is 3.33. The minimum atomic E-state index is 0.734. The molecule has 0 bridgehead atoms. The quantitative estimate of drug-likeness (QED) is 0.847. The van der Waals surface area contributed by atoms with Crippen molar-refractivity contribution in [1.82, 2.24) is 4.98 Å². The Morgan fingerprint density at radius 3 is 2.75 bits per heavy atom. The molecule has 0 aliphatic carbocycles. The summed E-state index contributed by atoms with van der Waals surface area (Å²) in [4.78, 5) is 4.14. The SMILES string of the molecule is COc1ccc(CNc2[c]cccn2)cc1. The molecular formula is C13H13N2O. The maximum Gasteiger partial charge on any atom is 0.134 e. The monoisotopic (exact) mass is 213 g/mol. The van der Waals surface area contributed by atoms with Gasteiger partial charge in [0.25, 0.3) is 0 Å². The number of rotatable bonds is 4. The van der Waals surface area contributed by atoms with Crippen LogP contribution in [0.15, 0.2) is 42.6 Å². The maximum absolute atomic E-state index is 5.09. The van der Waals surface area contributed by atoms with Gasteiger partial charge < -0.3 is 10.1 Å². The molecule has 3 heteroatoms. The van der Waals surface area contributed by atoms with E-state index in [0.717, 1.165) is 18.1 Å². The first-order chi connectivity index (χ1) is 7.88. The maximum atomic E-state index is 5.09. The van der Waals surface area contributed by atoms with Gasteiger partial charge in [-0.05, 0) is 29.8 Å². The van der Waals surface area contributed by atoms with Gasteiger partial charge in [-0.3, -0.25) is 0 Å². The number of pyridine rings is 1. The van der Waals surface area contributed by atoms with Gasteiger partial charge in [-0.15, -0.1) is 0 Å². The molecule has 0 aliphatic rings. The number of aromatic nitrogens is 1. The van der Waals surface area contributed by atoms with E-state index in [1.807, 2.05) is 36.4 Å². The third kappa shape index (κ3) is 2.73. The van der Waals surface area contributed by atoms with Crippen LogP contribution in [0.5, 0.6) is 5.75 Å². The van der Waals surface area contributed by atoms with Crippen molar-refractivity contribution in [1.29, 1.82) is 0 Å². The number of hydrogen-bond acceptors (Lipinski definition) is 3. The fourth-order valence-electron chi connectivity index (χ4n) is 1.35. The molecule has 1 heterocycles. The van der Waals surface area contributed by atoms with Crippen LogP contribution in [0.2, 0.25) is 0 Å². The van der Waals surface area contributed by atoms with Crippen molar-refractivity contribution in [2.75, 3.05) is 12.4 Å². The first kappa shape index (κ1) is 10.5. The summed E-state index contributed by atoms with van der Waals surface area (Å²) in [6.45, 7) is 0.734. The zero-order valence-corrected chi connectivity index (χ0v) is 9.10. The summed E-state index contributed by atoms with van der Waals surface area (Å²) in [6.07, 6.45) is 1.74. The van der Waals surface area contributed by atoms with E-state index in [-0.39, 0.29) is 0 Å². The molecule has 16 heavy (non-hydrogen) atoms. The Morgan fingerprint density at radius 2 is 2.12 bits per heavy atom. The smallest absolute Gasteiger partial charge is 0.134 e. The Bertz CT molecular complexity index is 425. The van der Waals surface area contributed by atoms with Crippen molar-refractivity contribution in [2.24, 2.45) is 0 Å². The van der Waals surface area contributed by atoms with Crippen LogP contribution in [0.4, 0.5) is 5.82 Å². The summed E-state index contributed by atoms with van der Waals surface area (Å²) in [5.74, 6) is 1.63. The summed E-state index contributed by atoms with van der Waals surface area (Å²) in [6, 6.07) is 14.6. The van der Waals surface area contributed by atoms with E-state index in [0.29, 0.717) is 0 Å². The molecular weight excluding hydrogens is 200 g/mol. The van der Waals surface area contributed by atoms with Gasteiger partial charge in [-0.1, -0.05) is 12.1 Å². The normalized spacial score (nSPS) is 9.81. The van der Waals surface area contributed by atoms with Crippen molar-refractivity contribution in [3.05, 3.63) is 54.2 Å². The standard InChI is InChI=1S/C13H13N2O/c1-16-12-7-5-11(6-8-12)10-15-13-4-2-3-9-14-13/h2-3,5-9H,10H2,1H3,(H,14,15). The molecule has 0 saturated heterocycles. The third-order valence-corrected chi connectivity index (χ3v) is 2.22. The van der Waals surface area contributed by atoms with Crippen LogP contribution < -0.4 is 10.1 Å². The van der Waals surface area contributed by atoms with Gasteiger partial charge in [-0.2, -0.15) is 0 Å². The van der Waals surface area contributed by atoms with Crippen molar-refractivity contribution in [3.8, 4) is 5.75 Å². The lowest BCUT2D eigenvalue weighted by Crippen LogP contribution is -2.00. The topological polar surface area (TPSA) is 34.1 Å². The molecule has 0 spiro atoms. The third-order valence-electron chi connectivity index (χ3n) is 2.22. The fraction of sp³-hybridized carbons (Fsp3) is 0.154. The molecule has 2 rings (SSSR count). The molecule has 1 radical (unpaired) electrons. The molecule has 0 fully saturated rings. The van der Waals surface area contributed by atoms with Crippen LogP contribution in [-0.2, 0) is 6.54 Å². The number of nitrogens with zero attached hydrogens (tertiary/aromatic N) is 1. The highest BCUT2D eigenvalue weighted by molar-refractivity contribution is 5.34. The predicted octanol–water partition coefficient (Wildman–Crippen LogP) is 2.50. The lowest BCUT2D eigenvalue weighted by Gasteiger charge is -2.05. The Balaban J connectivity index is 1.94. The number of ether oxygens (including phenoxy) is 1. The first-order valence-electron chi connectivity index (χ1n) is 5.08. The highest BCUT2D eigenvalue weighted by Crippen LogP contribution is 2.12. The van der Waals surface area contributed by atoms with Crippen LogP contribution in [0.3, 0.4) is 0 Å². The Labute approximate surface area is 95.1 Å². The van der Waals surface area contributed by atoms with Crippen molar-refractivity contribution in [3.63, 3.8) is 0 Å². The lowest BCUT2D eigenvalue weighted by molar-refractivity contribution is 0.414. The van der Waals surface area contributed by atoms with Crippen LogP contribution in [0.25, 0.3) is 0 Å². The molecule has 3 nitrogen and oxygen atoms in total. The van der Waals surface area contributed by atoms with E-state index in [1.165, 1.54) is 5.56 Å². The van der Waals surface area contributed by atoms with Gasteiger partial charge >= 0.3 is 0 Å². The van der Waals surface area contributed by atoms with Crippen LogP contribution in [0.1, 0.15) is 5.56 Å². The van der Waals surface area contributed by atoms with Crippen molar-refractivity contribution >= 4 is 5.82 Å². The summed E-state index contributed by atoms with van der Waals surface area (Å²) in [7, 11) is 1.66. The molecule has 0 unspecified atom stereocenters. The number of benzene rings is 1. The fourth-order valence-corrected chi connectivity index (χ4v) is 1.35. The summed E-state index contributed by atoms with van der Waals surface area (Å²) >= 11 is 0. The molecule has 0 amide bonds. The van der Waals surface area contributed by atoms with E-state index in [2.05, 4.69) is 16.4 Å². The summed E-state index contributed by atoms with van der Waals surface area (Å²) in [5.41, 5.74) is 1.18. The molecule has 81 valence electrons. The molecule has 0 saturated carbocycles. The van der Waals surface area contributed by atoms with Gasteiger partial charge in [0, 0.05) is 18.8 Å². The van der Waals surface area contributed by atoms with Crippen molar-refractivity contribution < 1.29 is 4.74 Å². The van der Waals surface area contributed by atoms with Crippen LogP contribution in [-0.4, -0.2) is 12.1 Å². The van der Waals surface area contributed by atoms with Crippen LogP contribution in [0, 0.1) is 6.07 Å². The van der Waals surface area contributed by atoms with E-state index in [9.17, 15) is 0 Å². The Kier molecular flexibility index (Phi) is 3.38. The molecule has 1 aromatic carbocycles. The molecule has 1 aromatic heterocycles. The van der Waals surface area contributed by atoms with Gasteiger partial charge in [-0.25, -0.2) is 4.98 Å². The highest BCUT2D eigenvalue weighted by atomic mass is 16.5. The van der Waals surface area contributed by atoms with Gasteiger partial charge in [0.2, 0.25) is 0 Å². The number of anilines is 1. The van der Waals surface area contributed by atoms with E-state index in [1.54, 1.807) is 13.3 Å². The van der Waals surface area contributed by atoms with Gasteiger partial charge in [0.15, 0.2) is 0 Å². The average Bonchev–Trinajstić information content (AvgIpc) is 2.38. The summed E-state index contributed by atoms with van der Waals surface area (Å²) in [5, 5.41) is 3.19. The molecule has 2 aromatic rings. The van der Waals surface area contributed by atoms with E-state index < -0.39 is 0 Å². The first-order valence-corrected chi connectivity index (χ1v) is 5.08. The lowest BCUT2D eigenvalue weighted by atomic mass is 10.2. The zero-order chi connectivity index (χ0) is 11.2. The minimum absolute atomic E-state index is 0.734. The van der Waals surface area contributed by atoms with Gasteiger partial charge in [0.05, 0.1) is 7.11 Å². The van der Waals surface area contributed by atoms with Crippen molar-refractivity contribution in [2.45, 2.75) is 6.54 Å².